The van der Waals surface area contributed by atoms with Crippen molar-refractivity contribution in [1.29, 1.82) is 0 Å². The van der Waals surface area contributed by atoms with Crippen LogP contribution in [0.25, 0.3) is 0 Å². The molecule has 2 bridgehead atoms. The van der Waals surface area contributed by atoms with Crippen molar-refractivity contribution in [2.24, 2.45) is 11.8 Å². The van der Waals surface area contributed by atoms with E-state index in [1.807, 2.05) is 12.1 Å². The highest BCUT2D eigenvalue weighted by molar-refractivity contribution is 5.80. The molecular weight excluding hydrogens is 592 g/mol. The average Bonchev–Trinajstić information content (AvgIpc) is 3.42. The number of hydrogen-bond donors (Lipinski definition) is 1. The molecule has 1 spiro atoms. The van der Waals surface area contributed by atoms with Gasteiger partial charge in [0.25, 0.3) is 0 Å². The van der Waals surface area contributed by atoms with Crippen LogP contribution in [0.5, 0.6) is 11.5 Å². The summed E-state index contributed by atoms with van der Waals surface area (Å²) in [5, 5.41) is 12.4. The first-order valence-corrected chi connectivity index (χ1v) is 18.6. The van der Waals surface area contributed by atoms with Gasteiger partial charge in [-0.15, -0.1) is 0 Å². The Kier molecular flexibility index (Phi) is 12.1. The summed E-state index contributed by atoms with van der Waals surface area (Å²) in [7, 11) is 1.62. The number of allylic oxidation sites excluding steroid dienone is 2. The Morgan fingerprint density at radius 1 is 1.02 bits per heavy atom. The van der Waals surface area contributed by atoms with Crippen LogP contribution in [0.3, 0.4) is 0 Å². The molecule has 1 saturated carbocycles. The lowest BCUT2D eigenvalue weighted by molar-refractivity contribution is -0.176. The summed E-state index contributed by atoms with van der Waals surface area (Å²) in [5.41, 5.74) is 0.469. The maximum Gasteiger partial charge on any atom is 0.352 e. The summed E-state index contributed by atoms with van der Waals surface area (Å²) < 4.78 is 23.7. The lowest BCUT2D eigenvalue weighted by Gasteiger charge is -2.61. The van der Waals surface area contributed by atoms with Crippen LogP contribution in [0.4, 0.5) is 0 Å². The molecule has 5 rings (SSSR count). The zero-order valence-corrected chi connectivity index (χ0v) is 29.3. The maximum atomic E-state index is 13.2. The van der Waals surface area contributed by atoms with Gasteiger partial charge in [-0.1, -0.05) is 83.4 Å². The Labute approximate surface area is 282 Å². The number of carbonyl (C=O) groups is 2. The van der Waals surface area contributed by atoms with Crippen LogP contribution in [0, 0.1) is 11.8 Å². The summed E-state index contributed by atoms with van der Waals surface area (Å²) in [5.74, 6) is 1.09. The number of esters is 2. The number of ether oxygens (including phenoxy) is 4. The largest absolute Gasteiger partial charge is 0.493 e. The number of methoxy groups -OCH3 is 1. The third-order valence-electron chi connectivity index (χ3n) is 11.4. The van der Waals surface area contributed by atoms with Crippen molar-refractivity contribution in [2.45, 2.75) is 160 Å². The Hall–Kier alpha value is -2.80. The van der Waals surface area contributed by atoms with E-state index in [0.717, 1.165) is 56.9 Å². The summed E-state index contributed by atoms with van der Waals surface area (Å²) in [6.07, 6.45) is 23.4. The van der Waals surface area contributed by atoms with Gasteiger partial charge in [-0.3, -0.25) is 4.79 Å². The molecule has 1 aromatic carbocycles. The van der Waals surface area contributed by atoms with Crippen LogP contribution >= 0.6 is 0 Å². The molecule has 1 aromatic rings. The van der Waals surface area contributed by atoms with Crippen molar-refractivity contribution >= 4 is 11.9 Å². The first-order chi connectivity index (χ1) is 22.8. The zero-order valence-electron chi connectivity index (χ0n) is 29.3. The molecule has 1 unspecified atom stereocenters. The van der Waals surface area contributed by atoms with Crippen LogP contribution in [-0.2, 0) is 30.9 Å². The standard InChI is InChI=1S/C40H58O7/c1-5-6-7-8-9-10-11-12-13-14-15-16-17-18-19-20-34(41)45-29(3)38(42)46-33-24-26-40(43)31-27-30-21-22-32(44-4)36-35(30)39(40,37(33)47-36)25-23-28(31)2/h12-13,21-22,24,28-29,31,37,43H,5-11,14-20,23,25-27H2,1-4H3/b13-12-/t28?,29-,31-,37-,39-,40+/m0/s1. The summed E-state index contributed by atoms with van der Waals surface area (Å²) in [6, 6.07) is 4.03. The van der Waals surface area contributed by atoms with Crippen molar-refractivity contribution in [3.8, 4) is 11.5 Å². The predicted octanol–water partition coefficient (Wildman–Crippen LogP) is 8.83. The number of rotatable bonds is 19. The number of aliphatic hydroxyl groups is 1. The fourth-order valence-corrected chi connectivity index (χ4v) is 8.81. The fraction of sp³-hybridized carbons (Fsp3) is 0.700. The Morgan fingerprint density at radius 2 is 1.70 bits per heavy atom. The second-order valence-corrected chi connectivity index (χ2v) is 14.5. The molecule has 0 amide bonds. The van der Waals surface area contributed by atoms with Gasteiger partial charge in [0, 0.05) is 12.0 Å². The van der Waals surface area contributed by atoms with Gasteiger partial charge in [0.1, 0.15) is 5.76 Å². The van der Waals surface area contributed by atoms with Crippen LogP contribution in [0.2, 0.25) is 0 Å². The first kappa shape index (κ1) is 35.5. The van der Waals surface area contributed by atoms with E-state index in [-0.39, 0.29) is 18.3 Å². The van der Waals surface area contributed by atoms with Crippen molar-refractivity contribution < 1.29 is 33.6 Å². The lowest BCUT2D eigenvalue weighted by Crippen LogP contribution is -2.69. The fourth-order valence-electron chi connectivity index (χ4n) is 8.81. The molecule has 1 fully saturated rings. The third-order valence-corrected chi connectivity index (χ3v) is 11.4. The molecule has 7 nitrogen and oxygen atoms in total. The highest BCUT2D eigenvalue weighted by atomic mass is 16.6. The third kappa shape index (κ3) is 7.30. The highest BCUT2D eigenvalue weighted by Crippen LogP contribution is 2.68. The molecular formula is C40H58O7. The van der Waals surface area contributed by atoms with Gasteiger partial charge >= 0.3 is 11.9 Å². The Morgan fingerprint density at radius 3 is 2.40 bits per heavy atom. The summed E-state index contributed by atoms with van der Waals surface area (Å²) in [4.78, 5) is 25.8. The van der Waals surface area contributed by atoms with Crippen LogP contribution in [0.1, 0.15) is 141 Å². The van der Waals surface area contributed by atoms with Crippen molar-refractivity contribution in [1.82, 2.24) is 0 Å². The van der Waals surface area contributed by atoms with Crippen molar-refractivity contribution in [2.75, 3.05) is 7.11 Å². The van der Waals surface area contributed by atoms with Crippen LogP contribution in [0.15, 0.2) is 36.1 Å². The van der Waals surface area contributed by atoms with Gasteiger partial charge in [0.15, 0.2) is 23.7 Å². The van der Waals surface area contributed by atoms with Crippen molar-refractivity contribution in [3.63, 3.8) is 0 Å². The molecule has 7 heteroatoms. The van der Waals surface area contributed by atoms with Gasteiger partial charge < -0.3 is 24.1 Å². The molecule has 0 saturated heterocycles. The average molecular weight is 651 g/mol. The van der Waals surface area contributed by atoms with Crippen molar-refractivity contribution in [3.05, 3.63) is 47.2 Å². The lowest BCUT2D eigenvalue weighted by atomic mass is 9.45. The van der Waals surface area contributed by atoms with E-state index in [9.17, 15) is 14.7 Å². The minimum atomic E-state index is -1.04. The SMILES string of the molecule is CCCCCCCC/C=C\CCCCCCCC(=O)O[C@@H](C)C(=O)OC1=CC[C@@]2(O)[C@H]3Cc4ccc(OC)c5c4[C@@]2(CCC3C)[C@H]1O5. The molecule has 1 aliphatic heterocycles. The van der Waals surface area contributed by atoms with Crippen LogP contribution in [-0.4, -0.2) is 42.0 Å². The smallest absolute Gasteiger partial charge is 0.352 e. The van der Waals surface area contributed by atoms with E-state index < -0.39 is 29.2 Å². The van der Waals surface area contributed by atoms with E-state index in [1.165, 1.54) is 56.9 Å². The number of hydrogen-bond acceptors (Lipinski definition) is 7. The maximum absolute atomic E-state index is 13.2. The molecule has 260 valence electrons. The molecule has 3 aliphatic carbocycles. The zero-order chi connectivity index (χ0) is 33.4. The molecule has 47 heavy (non-hydrogen) atoms. The minimum absolute atomic E-state index is 0.0825. The van der Waals surface area contributed by atoms with Gasteiger partial charge in [0.05, 0.1) is 18.1 Å². The van der Waals surface area contributed by atoms with E-state index in [0.29, 0.717) is 29.6 Å². The molecule has 6 atom stereocenters. The first-order valence-electron chi connectivity index (χ1n) is 18.6. The van der Waals surface area contributed by atoms with E-state index in [1.54, 1.807) is 14.0 Å². The number of carbonyl (C=O) groups excluding carboxylic acids is 2. The Bertz CT molecular complexity index is 1300. The predicted molar refractivity (Wildman–Crippen MR) is 183 cm³/mol. The second-order valence-electron chi connectivity index (χ2n) is 14.5. The minimum Gasteiger partial charge on any atom is -0.493 e. The normalized spacial score (nSPS) is 27.5. The van der Waals surface area contributed by atoms with E-state index in [2.05, 4.69) is 32.1 Å². The number of benzene rings is 1. The summed E-state index contributed by atoms with van der Waals surface area (Å²) in [6.45, 7) is 6.04. The summed E-state index contributed by atoms with van der Waals surface area (Å²) >= 11 is 0. The quantitative estimate of drug-likeness (QED) is 0.0909. The molecule has 4 aliphatic rings. The number of unbranched alkanes of at least 4 members (excludes halogenated alkanes) is 11. The molecule has 1 heterocycles. The topological polar surface area (TPSA) is 91.3 Å². The molecule has 1 N–H and O–H groups in total. The van der Waals surface area contributed by atoms with Crippen LogP contribution < -0.4 is 9.47 Å². The van der Waals surface area contributed by atoms with Gasteiger partial charge in [-0.25, -0.2) is 4.79 Å². The van der Waals surface area contributed by atoms with Gasteiger partial charge in [-0.2, -0.15) is 0 Å². The molecule has 0 radical (unpaired) electrons. The van der Waals surface area contributed by atoms with Gasteiger partial charge in [-0.05, 0) is 94.3 Å². The molecule has 0 aromatic heterocycles. The van der Waals surface area contributed by atoms with E-state index in [4.69, 9.17) is 18.9 Å². The highest BCUT2D eigenvalue weighted by Gasteiger charge is 2.72. The van der Waals surface area contributed by atoms with Gasteiger partial charge in [0.2, 0.25) is 0 Å². The van der Waals surface area contributed by atoms with E-state index >= 15 is 0 Å². The monoisotopic (exact) mass is 650 g/mol. The second kappa shape index (κ2) is 16.1. The Balaban J connectivity index is 1.05.